The zero-order chi connectivity index (χ0) is 11.4. The first-order valence-electron chi connectivity index (χ1n) is 6.15. The van der Waals surface area contributed by atoms with Crippen LogP contribution in [0.4, 0.5) is 0 Å². The van der Waals surface area contributed by atoms with E-state index in [1.807, 2.05) is 13.0 Å². The lowest BCUT2D eigenvalue weighted by Crippen LogP contribution is -2.41. The van der Waals surface area contributed by atoms with Crippen LogP contribution >= 0.6 is 0 Å². The molecule has 0 aliphatic heterocycles. The Balaban J connectivity index is 1.84. The zero-order valence-electron chi connectivity index (χ0n) is 9.91. The van der Waals surface area contributed by atoms with E-state index in [0.717, 1.165) is 24.5 Å². The van der Waals surface area contributed by atoms with Crippen molar-refractivity contribution in [1.82, 2.24) is 10.5 Å². The predicted molar refractivity (Wildman–Crippen MR) is 62.9 cm³/mol. The molecule has 1 aromatic rings. The molecule has 1 aliphatic rings. The Morgan fingerprint density at radius 3 is 3.00 bits per heavy atom. The van der Waals surface area contributed by atoms with Crippen molar-refractivity contribution in [3.8, 4) is 0 Å². The molecule has 4 nitrogen and oxygen atoms in total. The number of rotatable bonds is 4. The van der Waals surface area contributed by atoms with Crippen LogP contribution in [0.15, 0.2) is 10.6 Å². The van der Waals surface area contributed by atoms with Gasteiger partial charge in [-0.15, -0.1) is 0 Å². The highest BCUT2D eigenvalue weighted by Crippen LogP contribution is 2.23. The van der Waals surface area contributed by atoms with Crippen LogP contribution in [0.25, 0.3) is 0 Å². The maximum Gasteiger partial charge on any atom is 0.133 e. The van der Waals surface area contributed by atoms with Gasteiger partial charge in [0.05, 0.1) is 5.69 Å². The minimum atomic E-state index is 0.552. The molecule has 1 saturated carbocycles. The Morgan fingerprint density at radius 2 is 2.31 bits per heavy atom. The minimum Gasteiger partial charge on any atom is -0.361 e. The lowest BCUT2D eigenvalue weighted by molar-refractivity contribution is 0.264. The van der Waals surface area contributed by atoms with Crippen LogP contribution in [-0.4, -0.2) is 17.7 Å². The van der Waals surface area contributed by atoms with Gasteiger partial charge in [0.2, 0.25) is 0 Å². The molecule has 16 heavy (non-hydrogen) atoms. The van der Waals surface area contributed by atoms with Gasteiger partial charge in [0.15, 0.2) is 0 Å². The molecule has 2 rings (SSSR count). The molecule has 2 atom stereocenters. The lowest BCUT2D eigenvalue weighted by Gasteiger charge is -2.31. The van der Waals surface area contributed by atoms with Crippen molar-refractivity contribution >= 4 is 0 Å². The van der Waals surface area contributed by atoms with Crippen LogP contribution in [0.1, 0.15) is 37.1 Å². The van der Waals surface area contributed by atoms with Gasteiger partial charge >= 0.3 is 0 Å². The molecule has 0 aromatic carbocycles. The largest absolute Gasteiger partial charge is 0.361 e. The van der Waals surface area contributed by atoms with Crippen molar-refractivity contribution < 1.29 is 4.52 Å². The number of aromatic nitrogens is 1. The van der Waals surface area contributed by atoms with Crippen LogP contribution < -0.4 is 11.1 Å². The summed E-state index contributed by atoms with van der Waals surface area (Å²) in [6.45, 7) is 3.49. The number of hydrogen-bond donors (Lipinski definition) is 2. The summed E-state index contributed by atoms with van der Waals surface area (Å²) in [6.07, 6.45) is 5.12. The van der Waals surface area contributed by atoms with Gasteiger partial charge in [-0.05, 0) is 32.2 Å². The van der Waals surface area contributed by atoms with Crippen LogP contribution in [-0.2, 0) is 6.54 Å². The lowest BCUT2D eigenvalue weighted by atomic mass is 9.84. The number of aryl methyl sites for hydroxylation is 1. The molecular weight excluding hydrogens is 202 g/mol. The molecule has 4 heteroatoms. The Labute approximate surface area is 96.6 Å². The number of hydrogen-bond acceptors (Lipinski definition) is 4. The Bertz CT molecular complexity index is 324. The molecule has 1 aliphatic carbocycles. The van der Waals surface area contributed by atoms with Crippen molar-refractivity contribution in [2.45, 2.75) is 45.2 Å². The maximum absolute atomic E-state index is 5.79. The van der Waals surface area contributed by atoms with Crippen LogP contribution in [0.2, 0.25) is 0 Å². The first-order chi connectivity index (χ1) is 7.79. The van der Waals surface area contributed by atoms with Crippen molar-refractivity contribution in [2.75, 3.05) is 6.54 Å². The molecule has 0 radical (unpaired) electrons. The van der Waals surface area contributed by atoms with Crippen LogP contribution in [0.3, 0.4) is 0 Å². The summed E-state index contributed by atoms with van der Waals surface area (Å²) in [5.74, 6) is 1.50. The van der Waals surface area contributed by atoms with E-state index in [0.29, 0.717) is 12.0 Å². The van der Waals surface area contributed by atoms with E-state index in [1.54, 1.807) is 0 Å². The number of nitrogens with two attached hydrogens (primary N) is 1. The van der Waals surface area contributed by atoms with Crippen molar-refractivity contribution in [3.05, 3.63) is 17.5 Å². The molecule has 0 amide bonds. The maximum atomic E-state index is 5.79. The first-order valence-corrected chi connectivity index (χ1v) is 6.15. The summed E-state index contributed by atoms with van der Waals surface area (Å²) in [5.41, 5.74) is 6.78. The third kappa shape index (κ3) is 2.83. The quantitative estimate of drug-likeness (QED) is 0.813. The van der Waals surface area contributed by atoms with Gasteiger partial charge in [-0.2, -0.15) is 0 Å². The fraction of sp³-hybridized carbons (Fsp3) is 0.750. The van der Waals surface area contributed by atoms with Gasteiger partial charge in [0.25, 0.3) is 0 Å². The van der Waals surface area contributed by atoms with Crippen molar-refractivity contribution in [2.24, 2.45) is 11.7 Å². The molecule has 0 saturated heterocycles. The summed E-state index contributed by atoms with van der Waals surface area (Å²) in [4.78, 5) is 0. The number of nitrogens with zero attached hydrogens (tertiary/aromatic N) is 1. The second kappa shape index (κ2) is 5.46. The molecule has 1 aromatic heterocycles. The average molecular weight is 223 g/mol. The molecule has 1 heterocycles. The van der Waals surface area contributed by atoms with Gasteiger partial charge < -0.3 is 15.6 Å². The summed E-state index contributed by atoms with van der Waals surface area (Å²) >= 11 is 0. The average Bonchev–Trinajstić information content (AvgIpc) is 2.73. The molecule has 3 N–H and O–H groups in total. The minimum absolute atomic E-state index is 0.552. The fourth-order valence-corrected chi connectivity index (χ4v) is 2.50. The van der Waals surface area contributed by atoms with Gasteiger partial charge in [-0.1, -0.05) is 18.0 Å². The second-order valence-electron chi connectivity index (χ2n) is 4.70. The van der Waals surface area contributed by atoms with E-state index >= 15 is 0 Å². The highest BCUT2D eigenvalue weighted by atomic mass is 16.5. The predicted octanol–water partition coefficient (Wildman–Crippen LogP) is 1.59. The smallest absolute Gasteiger partial charge is 0.133 e. The molecule has 2 unspecified atom stereocenters. The molecule has 0 bridgehead atoms. The normalized spacial score (nSPS) is 25.9. The summed E-state index contributed by atoms with van der Waals surface area (Å²) in [7, 11) is 0. The van der Waals surface area contributed by atoms with Gasteiger partial charge in [-0.25, -0.2) is 0 Å². The van der Waals surface area contributed by atoms with E-state index in [9.17, 15) is 0 Å². The van der Waals surface area contributed by atoms with Crippen LogP contribution in [0.5, 0.6) is 0 Å². The van der Waals surface area contributed by atoms with E-state index in [1.165, 1.54) is 25.7 Å². The Morgan fingerprint density at radius 1 is 1.50 bits per heavy atom. The van der Waals surface area contributed by atoms with E-state index < -0.39 is 0 Å². The summed E-state index contributed by atoms with van der Waals surface area (Å²) in [6, 6.07) is 2.53. The SMILES string of the molecule is Cc1cc(CNC2CCCCC2CN)no1. The summed E-state index contributed by atoms with van der Waals surface area (Å²) < 4.78 is 5.04. The standard InChI is InChI=1S/C12H21N3O/c1-9-6-11(15-16-9)8-14-12-5-3-2-4-10(12)7-13/h6,10,12,14H,2-5,7-8,13H2,1H3. The Kier molecular flexibility index (Phi) is 3.96. The Hall–Kier alpha value is -0.870. The molecule has 90 valence electrons. The summed E-state index contributed by atoms with van der Waals surface area (Å²) in [5, 5.41) is 7.53. The zero-order valence-corrected chi connectivity index (χ0v) is 9.91. The van der Waals surface area contributed by atoms with E-state index in [-0.39, 0.29) is 0 Å². The third-order valence-corrected chi connectivity index (χ3v) is 3.43. The van der Waals surface area contributed by atoms with Gasteiger partial charge in [-0.3, -0.25) is 0 Å². The van der Waals surface area contributed by atoms with Crippen LogP contribution in [0, 0.1) is 12.8 Å². The highest BCUT2D eigenvalue weighted by Gasteiger charge is 2.23. The van der Waals surface area contributed by atoms with Crippen molar-refractivity contribution in [1.29, 1.82) is 0 Å². The fourth-order valence-electron chi connectivity index (χ4n) is 2.50. The van der Waals surface area contributed by atoms with E-state index in [2.05, 4.69) is 10.5 Å². The van der Waals surface area contributed by atoms with Gasteiger partial charge in [0, 0.05) is 18.7 Å². The van der Waals surface area contributed by atoms with Gasteiger partial charge in [0.1, 0.15) is 5.76 Å². The molecule has 1 fully saturated rings. The monoisotopic (exact) mass is 223 g/mol. The number of nitrogens with one attached hydrogen (secondary N) is 1. The topological polar surface area (TPSA) is 64.1 Å². The first kappa shape index (κ1) is 11.6. The molecule has 0 spiro atoms. The molecular formula is C12H21N3O. The third-order valence-electron chi connectivity index (χ3n) is 3.43. The second-order valence-corrected chi connectivity index (χ2v) is 4.70. The highest BCUT2D eigenvalue weighted by molar-refractivity contribution is 5.03. The van der Waals surface area contributed by atoms with Crippen molar-refractivity contribution in [3.63, 3.8) is 0 Å². The van der Waals surface area contributed by atoms with E-state index in [4.69, 9.17) is 10.3 Å².